The van der Waals surface area contributed by atoms with Gasteiger partial charge in [-0.3, -0.25) is 0 Å². The molecule has 0 aromatic heterocycles. The Bertz CT molecular complexity index is 1030. The number of aromatic hydroxyl groups is 3. The molecule has 0 aliphatic rings. The van der Waals surface area contributed by atoms with E-state index in [-0.39, 0.29) is 17.2 Å². The third-order valence-corrected chi connectivity index (χ3v) is 5.72. The minimum Gasteiger partial charge on any atom is -0.508 e. The van der Waals surface area contributed by atoms with Crippen LogP contribution >= 0.6 is 0 Å². The van der Waals surface area contributed by atoms with E-state index in [1.54, 1.807) is 36.4 Å². The van der Waals surface area contributed by atoms with Crippen LogP contribution in [0, 0.1) is 20.8 Å². The summed E-state index contributed by atoms with van der Waals surface area (Å²) in [5.74, 6) is 0.705. The van der Waals surface area contributed by atoms with Crippen LogP contribution in [0.3, 0.4) is 0 Å². The van der Waals surface area contributed by atoms with Gasteiger partial charge in [-0.15, -0.1) is 0 Å². The SMILES string of the molecule is Cc1c(-c2ccc(O)cc2)c(C)c(-c2ccc(O)cc2)c(C)c1-c1ccc(O)cc1. The molecule has 3 nitrogen and oxygen atoms in total. The van der Waals surface area contributed by atoms with Crippen LogP contribution in [0.4, 0.5) is 0 Å². The molecular formula is C27H24O3. The van der Waals surface area contributed by atoms with Gasteiger partial charge in [0.25, 0.3) is 0 Å². The zero-order valence-corrected chi connectivity index (χ0v) is 17.3. The molecule has 0 atom stereocenters. The number of hydrogen-bond acceptors (Lipinski definition) is 3. The zero-order valence-electron chi connectivity index (χ0n) is 17.3. The third kappa shape index (κ3) is 3.39. The quantitative estimate of drug-likeness (QED) is 0.360. The largest absolute Gasteiger partial charge is 0.508 e. The monoisotopic (exact) mass is 396 g/mol. The second kappa shape index (κ2) is 7.60. The van der Waals surface area contributed by atoms with E-state index in [1.807, 2.05) is 36.4 Å². The van der Waals surface area contributed by atoms with Crippen molar-refractivity contribution in [2.75, 3.05) is 0 Å². The van der Waals surface area contributed by atoms with Crippen LogP contribution in [0.1, 0.15) is 16.7 Å². The highest BCUT2D eigenvalue weighted by Crippen LogP contribution is 2.44. The van der Waals surface area contributed by atoms with Crippen molar-refractivity contribution >= 4 is 0 Å². The first-order valence-corrected chi connectivity index (χ1v) is 9.88. The fraction of sp³-hybridized carbons (Fsp3) is 0.111. The molecule has 4 aromatic carbocycles. The first-order valence-electron chi connectivity index (χ1n) is 9.88. The Morgan fingerprint density at radius 2 is 0.567 bits per heavy atom. The Labute approximate surface area is 176 Å². The van der Waals surface area contributed by atoms with Crippen LogP contribution in [0.5, 0.6) is 17.2 Å². The lowest BCUT2D eigenvalue weighted by Gasteiger charge is -2.23. The average molecular weight is 396 g/mol. The van der Waals surface area contributed by atoms with Crippen molar-refractivity contribution in [3.8, 4) is 50.6 Å². The first-order chi connectivity index (χ1) is 14.4. The van der Waals surface area contributed by atoms with Gasteiger partial charge in [-0.2, -0.15) is 0 Å². The smallest absolute Gasteiger partial charge is 0.115 e. The number of phenolic OH excluding ortho intramolecular Hbond substituents is 3. The summed E-state index contributed by atoms with van der Waals surface area (Å²) < 4.78 is 0. The topological polar surface area (TPSA) is 60.7 Å². The van der Waals surface area contributed by atoms with Crippen molar-refractivity contribution < 1.29 is 15.3 Å². The standard InChI is InChI=1S/C27H24O3/c1-16-25(19-4-10-22(28)11-5-19)17(2)27(21-8-14-24(30)15-9-21)18(3)26(16)20-6-12-23(29)13-7-20/h4-15,28-30H,1-3H3. The van der Waals surface area contributed by atoms with Crippen molar-refractivity contribution in [3.63, 3.8) is 0 Å². The molecule has 0 saturated carbocycles. The van der Waals surface area contributed by atoms with E-state index in [1.165, 1.54) is 0 Å². The molecule has 0 unspecified atom stereocenters. The third-order valence-electron chi connectivity index (χ3n) is 5.72. The van der Waals surface area contributed by atoms with Crippen LogP contribution in [-0.2, 0) is 0 Å². The molecule has 0 aliphatic heterocycles. The fourth-order valence-corrected chi connectivity index (χ4v) is 4.40. The van der Waals surface area contributed by atoms with Gasteiger partial charge < -0.3 is 15.3 Å². The Balaban J connectivity index is 2.08. The molecule has 0 fully saturated rings. The van der Waals surface area contributed by atoms with Crippen LogP contribution in [0.2, 0.25) is 0 Å². The van der Waals surface area contributed by atoms with Gasteiger partial charge in [0.05, 0.1) is 0 Å². The highest BCUT2D eigenvalue weighted by Gasteiger charge is 2.20. The minimum atomic E-state index is 0.235. The molecule has 4 rings (SSSR count). The van der Waals surface area contributed by atoms with Crippen molar-refractivity contribution in [3.05, 3.63) is 89.5 Å². The molecule has 30 heavy (non-hydrogen) atoms. The summed E-state index contributed by atoms with van der Waals surface area (Å²) in [7, 11) is 0. The van der Waals surface area contributed by atoms with Crippen LogP contribution < -0.4 is 0 Å². The van der Waals surface area contributed by atoms with E-state index < -0.39 is 0 Å². The molecule has 0 radical (unpaired) electrons. The number of benzene rings is 4. The van der Waals surface area contributed by atoms with Crippen molar-refractivity contribution in [1.82, 2.24) is 0 Å². The lowest BCUT2D eigenvalue weighted by molar-refractivity contribution is 0.475. The maximum absolute atomic E-state index is 9.76. The summed E-state index contributed by atoms with van der Waals surface area (Å²) in [6.07, 6.45) is 0. The van der Waals surface area contributed by atoms with Crippen LogP contribution in [0.25, 0.3) is 33.4 Å². The van der Waals surface area contributed by atoms with Crippen molar-refractivity contribution in [2.45, 2.75) is 20.8 Å². The molecule has 150 valence electrons. The summed E-state index contributed by atoms with van der Waals surface area (Å²) >= 11 is 0. The van der Waals surface area contributed by atoms with Gasteiger partial charge in [0.2, 0.25) is 0 Å². The highest BCUT2D eigenvalue weighted by molar-refractivity contribution is 5.91. The van der Waals surface area contributed by atoms with Gasteiger partial charge in [0, 0.05) is 0 Å². The van der Waals surface area contributed by atoms with E-state index in [0.29, 0.717) is 0 Å². The summed E-state index contributed by atoms with van der Waals surface area (Å²) in [5.41, 5.74) is 9.87. The van der Waals surface area contributed by atoms with Crippen LogP contribution in [-0.4, -0.2) is 15.3 Å². The van der Waals surface area contributed by atoms with Gasteiger partial charge in [0.1, 0.15) is 17.2 Å². The number of phenols is 3. The molecule has 3 N–H and O–H groups in total. The predicted molar refractivity (Wildman–Crippen MR) is 122 cm³/mol. The molecule has 0 heterocycles. The second-order valence-corrected chi connectivity index (χ2v) is 7.64. The number of hydrogen-bond donors (Lipinski definition) is 3. The fourth-order valence-electron chi connectivity index (χ4n) is 4.40. The van der Waals surface area contributed by atoms with Gasteiger partial charge in [-0.1, -0.05) is 36.4 Å². The van der Waals surface area contributed by atoms with E-state index in [2.05, 4.69) is 20.8 Å². The molecule has 0 spiro atoms. The normalized spacial score (nSPS) is 10.9. The number of rotatable bonds is 3. The molecule has 0 bridgehead atoms. The maximum atomic E-state index is 9.76. The van der Waals surface area contributed by atoms with E-state index in [4.69, 9.17) is 0 Å². The molecule has 0 saturated heterocycles. The first kappa shape index (κ1) is 19.6. The maximum Gasteiger partial charge on any atom is 0.115 e. The van der Waals surface area contributed by atoms with Gasteiger partial charge >= 0.3 is 0 Å². The summed E-state index contributed by atoms with van der Waals surface area (Å²) in [6.45, 7) is 6.35. The molecular weight excluding hydrogens is 372 g/mol. The average Bonchev–Trinajstić information content (AvgIpc) is 2.72. The highest BCUT2D eigenvalue weighted by atomic mass is 16.3. The summed E-state index contributed by atoms with van der Waals surface area (Å²) in [4.78, 5) is 0. The minimum absolute atomic E-state index is 0.235. The zero-order chi connectivity index (χ0) is 21.4. The van der Waals surface area contributed by atoms with Gasteiger partial charge in [-0.25, -0.2) is 0 Å². The van der Waals surface area contributed by atoms with E-state index in [9.17, 15) is 15.3 Å². The lowest BCUT2D eigenvalue weighted by atomic mass is 9.81. The van der Waals surface area contributed by atoms with E-state index in [0.717, 1.165) is 50.1 Å². The molecule has 0 aliphatic carbocycles. The Morgan fingerprint density at radius 1 is 0.367 bits per heavy atom. The predicted octanol–water partition coefficient (Wildman–Crippen LogP) is 6.73. The van der Waals surface area contributed by atoms with Gasteiger partial charge in [-0.05, 0) is 107 Å². The van der Waals surface area contributed by atoms with E-state index >= 15 is 0 Å². The molecule has 0 amide bonds. The van der Waals surface area contributed by atoms with Crippen LogP contribution in [0.15, 0.2) is 72.8 Å². The lowest BCUT2D eigenvalue weighted by Crippen LogP contribution is -2.00. The Morgan fingerprint density at radius 3 is 0.767 bits per heavy atom. The summed E-state index contributed by atoms with van der Waals surface area (Å²) in [5, 5.41) is 29.3. The van der Waals surface area contributed by atoms with Gasteiger partial charge in [0.15, 0.2) is 0 Å². The van der Waals surface area contributed by atoms with Crippen molar-refractivity contribution in [2.24, 2.45) is 0 Å². The molecule has 3 heteroatoms. The Kier molecular flexibility index (Phi) is 4.96. The summed E-state index contributed by atoms with van der Waals surface area (Å²) in [6, 6.07) is 21.8. The van der Waals surface area contributed by atoms with Crippen molar-refractivity contribution in [1.29, 1.82) is 0 Å². The molecule has 4 aromatic rings. The Hall–Kier alpha value is -3.72. The second-order valence-electron chi connectivity index (χ2n) is 7.64.